The topological polar surface area (TPSA) is 68.0 Å². The van der Waals surface area contributed by atoms with Crippen LogP contribution in [0.4, 0.5) is 5.69 Å². The molecular formula is C10H15N3O. The third kappa shape index (κ3) is 3.14. The summed E-state index contributed by atoms with van der Waals surface area (Å²) in [6.45, 7) is 2.00. The van der Waals surface area contributed by atoms with Crippen LogP contribution in [0.1, 0.15) is 19.8 Å². The number of carbonyl (C=O) groups excluding carboxylic acids is 1. The molecule has 3 N–H and O–H groups in total. The minimum atomic E-state index is -0.423. The normalized spacial score (nSPS) is 12.1. The molecule has 1 aromatic rings. The maximum absolute atomic E-state index is 11.4. The highest BCUT2D eigenvalue weighted by atomic mass is 16.2. The highest BCUT2D eigenvalue weighted by molar-refractivity contribution is 5.94. The van der Waals surface area contributed by atoms with Crippen LogP contribution in [0.15, 0.2) is 24.5 Å². The van der Waals surface area contributed by atoms with Crippen molar-refractivity contribution in [1.29, 1.82) is 0 Å². The molecule has 0 unspecified atom stereocenters. The molecule has 0 fully saturated rings. The fourth-order valence-electron chi connectivity index (χ4n) is 1.11. The maximum atomic E-state index is 11.4. The van der Waals surface area contributed by atoms with E-state index in [1.54, 1.807) is 24.5 Å². The Morgan fingerprint density at radius 1 is 1.57 bits per heavy atom. The van der Waals surface area contributed by atoms with Crippen LogP contribution in [-0.4, -0.2) is 16.9 Å². The smallest absolute Gasteiger partial charge is 0.241 e. The Kier molecular flexibility index (Phi) is 4.07. The number of pyridine rings is 1. The lowest BCUT2D eigenvalue weighted by Crippen LogP contribution is -2.35. The lowest BCUT2D eigenvalue weighted by atomic mass is 10.1. The molecule has 0 saturated heterocycles. The second-order valence-electron chi connectivity index (χ2n) is 3.12. The summed E-state index contributed by atoms with van der Waals surface area (Å²) in [5.41, 5.74) is 6.38. The van der Waals surface area contributed by atoms with Gasteiger partial charge in [0.05, 0.1) is 6.04 Å². The van der Waals surface area contributed by atoms with Gasteiger partial charge in [-0.05, 0) is 18.6 Å². The molecule has 0 saturated carbocycles. The van der Waals surface area contributed by atoms with Crippen LogP contribution in [0.5, 0.6) is 0 Å². The van der Waals surface area contributed by atoms with E-state index < -0.39 is 6.04 Å². The lowest BCUT2D eigenvalue weighted by Gasteiger charge is -2.10. The van der Waals surface area contributed by atoms with Crippen molar-refractivity contribution in [3.05, 3.63) is 24.5 Å². The van der Waals surface area contributed by atoms with Crippen molar-refractivity contribution in [3.8, 4) is 0 Å². The van der Waals surface area contributed by atoms with Gasteiger partial charge in [-0.1, -0.05) is 13.3 Å². The van der Waals surface area contributed by atoms with Crippen molar-refractivity contribution in [2.75, 3.05) is 5.32 Å². The van der Waals surface area contributed by atoms with Gasteiger partial charge < -0.3 is 11.1 Å². The monoisotopic (exact) mass is 193 g/mol. The molecule has 4 heteroatoms. The Bertz CT molecular complexity index is 287. The third-order valence-corrected chi connectivity index (χ3v) is 1.88. The van der Waals surface area contributed by atoms with Crippen LogP contribution in [0.2, 0.25) is 0 Å². The highest BCUT2D eigenvalue weighted by Gasteiger charge is 2.11. The van der Waals surface area contributed by atoms with E-state index in [1.165, 1.54) is 0 Å². The summed E-state index contributed by atoms with van der Waals surface area (Å²) in [4.78, 5) is 15.3. The standard InChI is InChI=1S/C10H15N3O/c1-2-3-9(11)10(14)13-8-4-6-12-7-5-8/h4-7,9H,2-3,11H2,1H3,(H,12,13,14)/t9-/m0/s1. The first-order chi connectivity index (χ1) is 6.74. The maximum Gasteiger partial charge on any atom is 0.241 e. The number of hydrogen-bond acceptors (Lipinski definition) is 3. The summed E-state index contributed by atoms with van der Waals surface area (Å²) in [5, 5.41) is 2.72. The predicted molar refractivity (Wildman–Crippen MR) is 55.8 cm³/mol. The van der Waals surface area contributed by atoms with Gasteiger partial charge in [0.1, 0.15) is 0 Å². The first-order valence-corrected chi connectivity index (χ1v) is 4.70. The number of nitrogens with zero attached hydrogens (tertiary/aromatic N) is 1. The zero-order valence-electron chi connectivity index (χ0n) is 8.23. The Morgan fingerprint density at radius 2 is 2.21 bits per heavy atom. The van der Waals surface area contributed by atoms with Gasteiger partial charge in [-0.2, -0.15) is 0 Å². The Labute approximate surface area is 83.5 Å². The molecule has 0 aliphatic carbocycles. The summed E-state index contributed by atoms with van der Waals surface area (Å²) in [5.74, 6) is -0.141. The Morgan fingerprint density at radius 3 is 2.79 bits per heavy atom. The van der Waals surface area contributed by atoms with E-state index in [9.17, 15) is 4.79 Å². The molecule has 0 aromatic carbocycles. The predicted octanol–water partition coefficient (Wildman–Crippen LogP) is 1.15. The van der Waals surface area contributed by atoms with Gasteiger partial charge in [-0.3, -0.25) is 9.78 Å². The van der Waals surface area contributed by atoms with Crippen molar-refractivity contribution >= 4 is 11.6 Å². The summed E-state index contributed by atoms with van der Waals surface area (Å²) >= 11 is 0. The molecule has 1 heterocycles. The van der Waals surface area contributed by atoms with Crippen molar-refractivity contribution < 1.29 is 4.79 Å². The largest absolute Gasteiger partial charge is 0.325 e. The first kappa shape index (κ1) is 10.7. The molecule has 0 radical (unpaired) electrons. The van der Waals surface area contributed by atoms with E-state index in [2.05, 4.69) is 10.3 Å². The van der Waals surface area contributed by atoms with Crippen LogP contribution in [0.25, 0.3) is 0 Å². The molecular weight excluding hydrogens is 178 g/mol. The zero-order valence-corrected chi connectivity index (χ0v) is 8.23. The van der Waals surface area contributed by atoms with E-state index >= 15 is 0 Å². The van der Waals surface area contributed by atoms with Crippen molar-refractivity contribution in [1.82, 2.24) is 4.98 Å². The molecule has 1 amide bonds. The summed E-state index contributed by atoms with van der Waals surface area (Å²) in [6.07, 6.45) is 4.86. The van der Waals surface area contributed by atoms with Crippen LogP contribution in [-0.2, 0) is 4.79 Å². The van der Waals surface area contributed by atoms with Crippen molar-refractivity contribution in [3.63, 3.8) is 0 Å². The Balaban J connectivity index is 2.49. The SMILES string of the molecule is CCC[C@H](N)C(=O)Nc1ccncc1. The fraction of sp³-hybridized carbons (Fsp3) is 0.400. The number of hydrogen-bond donors (Lipinski definition) is 2. The number of nitrogens with two attached hydrogens (primary N) is 1. The minimum absolute atomic E-state index is 0.141. The lowest BCUT2D eigenvalue weighted by molar-refractivity contribution is -0.117. The van der Waals surface area contributed by atoms with Gasteiger partial charge in [0, 0.05) is 18.1 Å². The molecule has 4 nitrogen and oxygen atoms in total. The molecule has 1 aromatic heterocycles. The van der Waals surface area contributed by atoms with Crippen LogP contribution in [0.3, 0.4) is 0 Å². The molecule has 1 rings (SSSR count). The van der Waals surface area contributed by atoms with Crippen LogP contribution >= 0.6 is 0 Å². The molecule has 14 heavy (non-hydrogen) atoms. The van der Waals surface area contributed by atoms with Gasteiger partial charge in [-0.15, -0.1) is 0 Å². The van der Waals surface area contributed by atoms with Crippen LogP contribution < -0.4 is 11.1 Å². The first-order valence-electron chi connectivity index (χ1n) is 4.70. The van der Waals surface area contributed by atoms with Crippen molar-refractivity contribution in [2.45, 2.75) is 25.8 Å². The van der Waals surface area contributed by atoms with Gasteiger partial charge in [0.2, 0.25) is 5.91 Å². The molecule has 76 valence electrons. The highest BCUT2D eigenvalue weighted by Crippen LogP contribution is 2.04. The average molecular weight is 193 g/mol. The average Bonchev–Trinajstić information content (AvgIpc) is 2.19. The van der Waals surface area contributed by atoms with Crippen molar-refractivity contribution in [2.24, 2.45) is 5.73 Å². The van der Waals surface area contributed by atoms with Gasteiger partial charge in [0.25, 0.3) is 0 Å². The molecule has 1 atom stereocenters. The second kappa shape index (κ2) is 5.34. The molecule has 0 spiro atoms. The number of amides is 1. The fourth-order valence-corrected chi connectivity index (χ4v) is 1.11. The number of nitrogens with one attached hydrogen (secondary N) is 1. The second-order valence-corrected chi connectivity index (χ2v) is 3.12. The number of rotatable bonds is 4. The molecule has 0 bridgehead atoms. The van der Waals surface area contributed by atoms with E-state index in [4.69, 9.17) is 5.73 Å². The number of aromatic nitrogens is 1. The van der Waals surface area contributed by atoms with Gasteiger partial charge in [0.15, 0.2) is 0 Å². The number of anilines is 1. The van der Waals surface area contributed by atoms with Crippen LogP contribution in [0, 0.1) is 0 Å². The van der Waals surface area contributed by atoms with E-state index in [1.807, 2.05) is 6.92 Å². The van der Waals surface area contributed by atoms with E-state index in [-0.39, 0.29) is 5.91 Å². The summed E-state index contributed by atoms with van der Waals surface area (Å²) < 4.78 is 0. The molecule has 0 aliphatic rings. The third-order valence-electron chi connectivity index (χ3n) is 1.88. The minimum Gasteiger partial charge on any atom is -0.325 e. The zero-order chi connectivity index (χ0) is 10.4. The summed E-state index contributed by atoms with van der Waals surface area (Å²) in [6, 6.07) is 3.04. The molecule has 0 aliphatic heterocycles. The van der Waals surface area contributed by atoms with E-state index in [0.717, 1.165) is 12.1 Å². The van der Waals surface area contributed by atoms with E-state index in [0.29, 0.717) is 6.42 Å². The van der Waals surface area contributed by atoms with Gasteiger partial charge >= 0.3 is 0 Å². The summed E-state index contributed by atoms with van der Waals surface area (Å²) in [7, 11) is 0. The Hall–Kier alpha value is -1.42. The quantitative estimate of drug-likeness (QED) is 0.753. The van der Waals surface area contributed by atoms with Gasteiger partial charge in [-0.25, -0.2) is 0 Å². The number of carbonyl (C=O) groups is 1.